The summed E-state index contributed by atoms with van der Waals surface area (Å²) in [5.74, 6) is 1.03. The molecule has 1 aromatic heterocycles. The Morgan fingerprint density at radius 2 is 1.76 bits per heavy atom. The molecule has 1 aliphatic heterocycles. The SMILES string of the molecule is COc1cc2c(cc1OC)CN(C(=O)c1sc(-c3ccc(F)cc3)nc1C)CC2. The molecule has 1 aliphatic rings. The number of nitrogens with zero attached hydrogens (tertiary/aromatic N) is 2. The second kappa shape index (κ2) is 7.83. The highest BCUT2D eigenvalue weighted by atomic mass is 32.1. The summed E-state index contributed by atoms with van der Waals surface area (Å²) in [6, 6.07) is 10.1. The van der Waals surface area contributed by atoms with Crippen molar-refractivity contribution in [2.45, 2.75) is 19.9 Å². The first-order valence-electron chi connectivity index (χ1n) is 9.26. The van der Waals surface area contributed by atoms with Crippen LogP contribution in [0.5, 0.6) is 11.5 Å². The minimum absolute atomic E-state index is 0.0335. The first kappa shape index (κ1) is 19.4. The molecular weight excluding hydrogens is 391 g/mol. The van der Waals surface area contributed by atoms with E-state index < -0.39 is 0 Å². The van der Waals surface area contributed by atoms with Crippen molar-refractivity contribution < 1.29 is 18.7 Å². The van der Waals surface area contributed by atoms with Gasteiger partial charge < -0.3 is 14.4 Å². The molecule has 29 heavy (non-hydrogen) atoms. The Bertz CT molecular complexity index is 1060. The van der Waals surface area contributed by atoms with Crippen molar-refractivity contribution in [3.63, 3.8) is 0 Å². The summed E-state index contributed by atoms with van der Waals surface area (Å²) >= 11 is 1.35. The number of rotatable bonds is 4. The average Bonchev–Trinajstić information content (AvgIpc) is 3.13. The maximum Gasteiger partial charge on any atom is 0.266 e. The third-order valence-corrected chi connectivity index (χ3v) is 6.28. The van der Waals surface area contributed by atoms with Gasteiger partial charge in [-0.25, -0.2) is 9.37 Å². The molecule has 7 heteroatoms. The molecule has 0 spiro atoms. The second-order valence-electron chi connectivity index (χ2n) is 6.89. The highest BCUT2D eigenvalue weighted by Gasteiger charge is 2.26. The van der Waals surface area contributed by atoms with E-state index in [1.165, 1.54) is 29.0 Å². The molecule has 0 bridgehead atoms. The number of hydrogen-bond acceptors (Lipinski definition) is 5. The topological polar surface area (TPSA) is 51.7 Å². The van der Waals surface area contributed by atoms with Crippen LogP contribution in [-0.4, -0.2) is 36.6 Å². The highest BCUT2D eigenvalue weighted by Crippen LogP contribution is 2.35. The fourth-order valence-corrected chi connectivity index (χ4v) is 4.55. The zero-order valence-corrected chi connectivity index (χ0v) is 17.3. The number of ether oxygens (including phenoxy) is 2. The van der Waals surface area contributed by atoms with Gasteiger partial charge in [0.1, 0.15) is 15.7 Å². The van der Waals surface area contributed by atoms with Gasteiger partial charge in [-0.05, 0) is 60.9 Å². The summed E-state index contributed by atoms with van der Waals surface area (Å²) in [7, 11) is 3.22. The van der Waals surface area contributed by atoms with Crippen LogP contribution < -0.4 is 9.47 Å². The van der Waals surface area contributed by atoms with Gasteiger partial charge >= 0.3 is 0 Å². The van der Waals surface area contributed by atoms with E-state index in [1.54, 1.807) is 26.4 Å². The molecule has 0 unspecified atom stereocenters. The van der Waals surface area contributed by atoms with Crippen molar-refractivity contribution in [3.05, 3.63) is 63.9 Å². The number of fused-ring (bicyclic) bond motifs is 1. The predicted molar refractivity (Wildman–Crippen MR) is 110 cm³/mol. The van der Waals surface area contributed by atoms with Gasteiger partial charge in [0.05, 0.1) is 19.9 Å². The van der Waals surface area contributed by atoms with Gasteiger partial charge in [-0.2, -0.15) is 0 Å². The molecular formula is C22H21FN2O3S. The smallest absolute Gasteiger partial charge is 0.266 e. The van der Waals surface area contributed by atoms with Crippen LogP contribution in [0.1, 0.15) is 26.5 Å². The zero-order valence-electron chi connectivity index (χ0n) is 16.5. The Kier molecular flexibility index (Phi) is 5.24. The van der Waals surface area contributed by atoms with Crippen LogP contribution >= 0.6 is 11.3 Å². The van der Waals surface area contributed by atoms with Crippen LogP contribution in [0.4, 0.5) is 4.39 Å². The predicted octanol–water partition coefficient (Wildman–Crippen LogP) is 4.47. The van der Waals surface area contributed by atoms with Gasteiger partial charge in [-0.1, -0.05) is 0 Å². The van der Waals surface area contributed by atoms with E-state index in [1.807, 2.05) is 24.0 Å². The van der Waals surface area contributed by atoms with Crippen LogP contribution in [0.3, 0.4) is 0 Å². The number of thiazole rings is 1. The van der Waals surface area contributed by atoms with Gasteiger partial charge in [0, 0.05) is 18.7 Å². The highest BCUT2D eigenvalue weighted by molar-refractivity contribution is 7.17. The third-order valence-electron chi connectivity index (χ3n) is 5.09. The van der Waals surface area contributed by atoms with E-state index in [9.17, 15) is 9.18 Å². The summed E-state index contributed by atoms with van der Waals surface area (Å²) in [5.41, 5.74) is 3.72. The first-order chi connectivity index (χ1) is 14.0. The van der Waals surface area contributed by atoms with E-state index in [4.69, 9.17) is 9.47 Å². The number of benzene rings is 2. The Labute approximate surface area is 172 Å². The Balaban J connectivity index is 1.59. The lowest BCUT2D eigenvalue weighted by atomic mass is 9.98. The molecule has 1 amide bonds. The molecule has 4 rings (SSSR count). The Morgan fingerprint density at radius 1 is 1.10 bits per heavy atom. The van der Waals surface area contributed by atoms with E-state index in [0.29, 0.717) is 35.2 Å². The van der Waals surface area contributed by atoms with E-state index in [2.05, 4.69) is 4.98 Å². The molecule has 3 aromatic rings. The molecule has 150 valence electrons. The fourth-order valence-electron chi connectivity index (χ4n) is 3.51. The lowest BCUT2D eigenvalue weighted by molar-refractivity contribution is 0.0738. The molecule has 0 N–H and O–H groups in total. The van der Waals surface area contributed by atoms with Crippen LogP contribution in [0.2, 0.25) is 0 Å². The lowest BCUT2D eigenvalue weighted by Crippen LogP contribution is -2.35. The van der Waals surface area contributed by atoms with Crippen molar-refractivity contribution in [1.29, 1.82) is 0 Å². The summed E-state index contributed by atoms with van der Waals surface area (Å²) in [4.78, 5) is 20.2. The number of carbonyl (C=O) groups is 1. The first-order valence-corrected chi connectivity index (χ1v) is 10.1. The Morgan fingerprint density at radius 3 is 2.41 bits per heavy atom. The van der Waals surface area contributed by atoms with E-state index in [0.717, 1.165) is 22.6 Å². The molecule has 0 atom stereocenters. The zero-order chi connectivity index (χ0) is 20.5. The summed E-state index contributed by atoms with van der Waals surface area (Å²) in [6.45, 7) is 2.98. The monoisotopic (exact) mass is 412 g/mol. The fraction of sp³-hybridized carbons (Fsp3) is 0.273. The van der Waals surface area contributed by atoms with Crippen LogP contribution in [0.25, 0.3) is 10.6 Å². The quantitative estimate of drug-likeness (QED) is 0.634. The molecule has 0 fully saturated rings. The van der Waals surface area contributed by atoms with Crippen molar-refractivity contribution in [2.24, 2.45) is 0 Å². The van der Waals surface area contributed by atoms with Gasteiger partial charge in [0.25, 0.3) is 5.91 Å². The minimum Gasteiger partial charge on any atom is -0.493 e. The number of halogens is 1. The maximum atomic E-state index is 13.2. The van der Waals surface area contributed by atoms with Crippen molar-refractivity contribution in [1.82, 2.24) is 9.88 Å². The van der Waals surface area contributed by atoms with Crippen molar-refractivity contribution in [3.8, 4) is 22.1 Å². The third kappa shape index (κ3) is 3.70. The molecule has 2 aromatic carbocycles. The number of amides is 1. The number of carbonyl (C=O) groups excluding carboxylic acids is 1. The molecule has 2 heterocycles. The standard InChI is InChI=1S/C22H21FN2O3S/c1-13-20(29-21(24-13)14-4-6-17(23)7-5-14)22(26)25-9-8-15-10-18(27-2)19(28-3)11-16(15)12-25/h4-7,10-11H,8-9,12H2,1-3H3. The second-order valence-corrected chi connectivity index (χ2v) is 7.89. The Hall–Kier alpha value is -2.93. The van der Waals surface area contributed by atoms with Crippen LogP contribution in [0.15, 0.2) is 36.4 Å². The van der Waals surface area contributed by atoms with Gasteiger partial charge in [0.2, 0.25) is 0 Å². The van der Waals surface area contributed by atoms with Crippen molar-refractivity contribution in [2.75, 3.05) is 20.8 Å². The number of methoxy groups -OCH3 is 2. The van der Waals surface area contributed by atoms with Crippen molar-refractivity contribution >= 4 is 17.2 Å². The minimum atomic E-state index is -0.294. The molecule has 5 nitrogen and oxygen atoms in total. The van der Waals surface area contributed by atoms with E-state index in [-0.39, 0.29) is 11.7 Å². The molecule has 0 aliphatic carbocycles. The van der Waals surface area contributed by atoms with E-state index >= 15 is 0 Å². The normalized spacial score (nSPS) is 13.2. The number of aryl methyl sites for hydroxylation is 1. The van der Waals surface area contributed by atoms with Gasteiger partial charge in [-0.3, -0.25) is 4.79 Å². The lowest BCUT2D eigenvalue weighted by Gasteiger charge is -2.29. The van der Waals surface area contributed by atoms with Gasteiger partial charge in [-0.15, -0.1) is 11.3 Å². The average molecular weight is 412 g/mol. The number of aromatic nitrogens is 1. The molecule has 0 radical (unpaired) electrons. The maximum absolute atomic E-state index is 13.2. The molecule has 0 saturated heterocycles. The number of hydrogen-bond donors (Lipinski definition) is 0. The summed E-state index contributed by atoms with van der Waals surface area (Å²) in [6.07, 6.45) is 0.754. The van der Waals surface area contributed by atoms with Crippen LogP contribution in [0, 0.1) is 12.7 Å². The summed E-state index contributed by atoms with van der Waals surface area (Å²) in [5, 5.41) is 0.717. The largest absolute Gasteiger partial charge is 0.493 e. The van der Waals surface area contributed by atoms with Gasteiger partial charge in [0.15, 0.2) is 11.5 Å². The molecule has 0 saturated carbocycles. The summed E-state index contributed by atoms with van der Waals surface area (Å²) < 4.78 is 24.0. The van der Waals surface area contributed by atoms with Crippen LogP contribution in [-0.2, 0) is 13.0 Å².